The van der Waals surface area contributed by atoms with E-state index in [2.05, 4.69) is 73.2 Å². The second kappa shape index (κ2) is 11.4. The summed E-state index contributed by atoms with van der Waals surface area (Å²) >= 11 is 1.66. The normalized spacial score (nSPS) is 13.6. The molecule has 1 aromatic rings. The summed E-state index contributed by atoms with van der Waals surface area (Å²) in [5.41, 5.74) is 0. The number of aryl methyl sites for hydroxylation is 1. The van der Waals surface area contributed by atoms with Crippen LogP contribution in [-0.4, -0.2) is 46.1 Å². The van der Waals surface area contributed by atoms with Crippen molar-refractivity contribution in [1.82, 2.24) is 25.4 Å². The van der Waals surface area contributed by atoms with E-state index in [0.717, 1.165) is 49.4 Å². The largest absolute Gasteiger partial charge is 0.357 e. The average Bonchev–Trinajstić information content (AvgIpc) is 2.92. The Kier molecular flexibility index (Phi) is 9.93. The van der Waals surface area contributed by atoms with Gasteiger partial charge >= 0.3 is 0 Å². The second-order valence-electron chi connectivity index (χ2n) is 7.15. The van der Waals surface area contributed by atoms with Crippen molar-refractivity contribution in [3.05, 3.63) is 5.82 Å². The van der Waals surface area contributed by atoms with Crippen molar-refractivity contribution in [2.75, 3.05) is 19.3 Å². The molecule has 6 nitrogen and oxygen atoms in total. The number of nitrogens with one attached hydrogen (secondary N) is 2. The molecule has 1 heterocycles. The van der Waals surface area contributed by atoms with Crippen LogP contribution in [0, 0.1) is 11.8 Å². The summed E-state index contributed by atoms with van der Waals surface area (Å²) in [6, 6.07) is 0.399. The lowest BCUT2D eigenvalue weighted by atomic mass is 10.1. The molecule has 0 radical (unpaired) electrons. The Morgan fingerprint density at radius 2 is 1.92 bits per heavy atom. The lowest BCUT2D eigenvalue weighted by molar-refractivity contribution is 0.476. The first-order valence-electron chi connectivity index (χ1n) is 9.39. The Balaban J connectivity index is 2.61. The van der Waals surface area contributed by atoms with Gasteiger partial charge in [0, 0.05) is 32.1 Å². The van der Waals surface area contributed by atoms with Gasteiger partial charge in [-0.3, -0.25) is 4.99 Å². The highest BCUT2D eigenvalue weighted by atomic mass is 32.2. The molecule has 0 amide bonds. The fraction of sp³-hybridized carbons (Fsp3) is 0.833. The van der Waals surface area contributed by atoms with Crippen LogP contribution in [0.5, 0.6) is 0 Å². The molecule has 144 valence electrons. The molecular weight excluding hydrogens is 332 g/mol. The molecule has 25 heavy (non-hydrogen) atoms. The maximum atomic E-state index is 4.70. The van der Waals surface area contributed by atoms with Crippen LogP contribution in [0.2, 0.25) is 0 Å². The first kappa shape index (κ1) is 21.8. The Morgan fingerprint density at radius 1 is 1.20 bits per heavy atom. The van der Waals surface area contributed by atoms with Gasteiger partial charge in [-0.25, -0.2) is 0 Å². The fourth-order valence-electron chi connectivity index (χ4n) is 2.33. The van der Waals surface area contributed by atoms with Crippen LogP contribution in [0.25, 0.3) is 0 Å². The zero-order valence-corrected chi connectivity index (χ0v) is 17.8. The summed E-state index contributed by atoms with van der Waals surface area (Å²) < 4.78 is 2.25. The number of guanidine groups is 1. The minimum atomic E-state index is 0.399. The van der Waals surface area contributed by atoms with E-state index in [9.17, 15) is 0 Å². The summed E-state index contributed by atoms with van der Waals surface area (Å²) in [6.07, 6.45) is 3.93. The monoisotopic (exact) mass is 368 g/mol. The molecule has 1 aromatic heterocycles. The zero-order chi connectivity index (χ0) is 18.8. The lowest BCUT2D eigenvalue weighted by Gasteiger charge is -2.20. The summed E-state index contributed by atoms with van der Waals surface area (Å²) in [5.74, 6) is 3.13. The summed E-state index contributed by atoms with van der Waals surface area (Å²) in [7, 11) is 0. The first-order chi connectivity index (χ1) is 11.9. The predicted octanol–water partition coefficient (Wildman–Crippen LogP) is 3.19. The highest BCUT2D eigenvalue weighted by Crippen LogP contribution is 2.16. The van der Waals surface area contributed by atoms with Gasteiger partial charge in [-0.2, -0.15) is 0 Å². The van der Waals surface area contributed by atoms with Crippen LogP contribution < -0.4 is 10.6 Å². The number of hydrogen-bond acceptors (Lipinski definition) is 4. The third-order valence-corrected chi connectivity index (χ3v) is 4.73. The van der Waals surface area contributed by atoms with E-state index in [1.807, 2.05) is 0 Å². The van der Waals surface area contributed by atoms with Gasteiger partial charge in [0.25, 0.3) is 0 Å². The van der Waals surface area contributed by atoms with E-state index in [1.54, 1.807) is 11.8 Å². The van der Waals surface area contributed by atoms with Crippen molar-refractivity contribution < 1.29 is 0 Å². The van der Waals surface area contributed by atoms with Crippen molar-refractivity contribution in [1.29, 1.82) is 0 Å². The molecule has 0 aromatic carbocycles. The molecule has 7 heteroatoms. The van der Waals surface area contributed by atoms with Crippen molar-refractivity contribution in [2.24, 2.45) is 16.8 Å². The topological polar surface area (TPSA) is 67.1 Å². The quantitative estimate of drug-likeness (QED) is 0.287. The van der Waals surface area contributed by atoms with E-state index in [4.69, 9.17) is 4.99 Å². The molecule has 1 atom stereocenters. The van der Waals surface area contributed by atoms with Crippen LogP contribution in [-0.2, 0) is 13.0 Å². The summed E-state index contributed by atoms with van der Waals surface area (Å²) in [4.78, 5) is 4.70. The van der Waals surface area contributed by atoms with Gasteiger partial charge in [0.2, 0.25) is 0 Å². The third-order valence-electron chi connectivity index (χ3n) is 4.06. The molecule has 1 unspecified atom stereocenters. The summed E-state index contributed by atoms with van der Waals surface area (Å²) in [5, 5.41) is 16.5. The van der Waals surface area contributed by atoms with Gasteiger partial charge in [-0.15, -0.1) is 10.2 Å². The number of aliphatic imine (C=N–C) groups is 1. The van der Waals surface area contributed by atoms with E-state index >= 15 is 0 Å². The van der Waals surface area contributed by atoms with E-state index in [0.29, 0.717) is 17.9 Å². The van der Waals surface area contributed by atoms with Crippen LogP contribution in [0.1, 0.15) is 53.8 Å². The Labute approximate surface area is 157 Å². The highest BCUT2D eigenvalue weighted by Gasteiger charge is 2.12. The van der Waals surface area contributed by atoms with E-state index in [-0.39, 0.29) is 0 Å². The van der Waals surface area contributed by atoms with E-state index in [1.165, 1.54) is 0 Å². The zero-order valence-electron chi connectivity index (χ0n) is 17.0. The molecule has 0 aliphatic carbocycles. The van der Waals surface area contributed by atoms with Gasteiger partial charge in [0.1, 0.15) is 5.82 Å². The van der Waals surface area contributed by atoms with Crippen LogP contribution in [0.4, 0.5) is 0 Å². The molecular formula is C18H36N6S. The molecule has 0 aliphatic rings. The van der Waals surface area contributed by atoms with Crippen molar-refractivity contribution in [2.45, 2.75) is 72.1 Å². The molecule has 0 saturated carbocycles. The van der Waals surface area contributed by atoms with E-state index < -0.39 is 0 Å². The highest BCUT2D eigenvalue weighted by molar-refractivity contribution is 7.98. The minimum Gasteiger partial charge on any atom is -0.357 e. The third kappa shape index (κ3) is 7.67. The second-order valence-corrected chi connectivity index (χ2v) is 7.92. The maximum absolute atomic E-state index is 4.70. The number of rotatable bonds is 10. The molecule has 0 bridgehead atoms. The van der Waals surface area contributed by atoms with Crippen LogP contribution in [0.15, 0.2) is 10.1 Å². The van der Waals surface area contributed by atoms with Gasteiger partial charge in [0.05, 0.1) is 0 Å². The molecule has 0 spiro atoms. The number of hydrogen-bond donors (Lipinski definition) is 2. The van der Waals surface area contributed by atoms with Gasteiger partial charge in [-0.1, -0.05) is 39.5 Å². The molecule has 0 saturated heterocycles. The van der Waals surface area contributed by atoms with Crippen molar-refractivity contribution in [3.63, 3.8) is 0 Å². The minimum absolute atomic E-state index is 0.399. The Bertz CT molecular complexity index is 524. The number of aromatic nitrogens is 3. The van der Waals surface area contributed by atoms with Crippen LogP contribution >= 0.6 is 11.8 Å². The Hall–Kier alpha value is -1.24. The maximum Gasteiger partial charge on any atom is 0.191 e. The molecule has 1 rings (SSSR count). The number of thioether (sulfide) groups is 1. The summed E-state index contributed by atoms with van der Waals surface area (Å²) in [6.45, 7) is 15.8. The SMILES string of the molecule is CCNC(=NCCCc1nnc(SC)n1CC(C)C)NC(C)C(C)C. The number of nitrogens with zero attached hydrogens (tertiary/aromatic N) is 4. The Morgan fingerprint density at radius 3 is 2.48 bits per heavy atom. The molecule has 2 N–H and O–H groups in total. The standard InChI is InChI=1S/C18H36N6S/c1-8-19-17(21-15(6)14(4)5)20-11-9-10-16-22-23-18(25-7)24(16)12-13(2)3/h13-15H,8-12H2,1-7H3,(H2,19,20,21). The molecule has 0 fully saturated rings. The van der Waals surface area contributed by atoms with Crippen molar-refractivity contribution >= 4 is 17.7 Å². The van der Waals surface area contributed by atoms with Gasteiger partial charge in [0.15, 0.2) is 11.1 Å². The predicted molar refractivity (Wildman–Crippen MR) is 108 cm³/mol. The lowest BCUT2D eigenvalue weighted by Crippen LogP contribution is -2.44. The average molecular weight is 369 g/mol. The van der Waals surface area contributed by atoms with Gasteiger partial charge in [-0.05, 0) is 38.4 Å². The van der Waals surface area contributed by atoms with Gasteiger partial charge < -0.3 is 15.2 Å². The first-order valence-corrected chi connectivity index (χ1v) is 10.6. The van der Waals surface area contributed by atoms with Crippen molar-refractivity contribution in [3.8, 4) is 0 Å². The van der Waals surface area contributed by atoms with Crippen LogP contribution in [0.3, 0.4) is 0 Å². The smallest absolute Gasteiger partial charge is 0.191 e. The molecule has 0 aliphatic heterocycles. The fourth-order valence-corrected chi connectivity index (χ4v) is 2.86.